The Morgan fingerprint density at radius 1 is 1.27 bits per heavy atom. The van der Waals surface area contributed by atoms with E-state index >= 15 is 0 Å². The number of carbonyl (C=O) groups excluding carboxylic acids is 1. The van der Waals surface area contributed by atoms with E-state index < -0.39 is 5.91 Å². The highest BCUT2D eigenvalue weighted by molar-refractivity contribution is 6.10. The summed E-state index contributed by atoms with van der Waals surface area (Å²) in [6, 6.07) is 10.8. The molecule has 2 aromatic heterocycles. The number of methoxy groups -OCH3 is 2. The van der Waals surface area contributed by atoms with E-state index in [0.717, 1.165) is 16.5 Å². The summed E-state index contributed by atoms with van der Waals surface area (Å²) in [5.74, 6) is 0.613. The highest BCUT2D eigenvalue weighted by atomic mass is 16.5. The van der Waals surface area contributed by atoms with E-state index in [-0.39, 0.29) is 5.57 Å². The van der Waals surface area contributed by atoms with Gasteiger partial charge in [0.25, 0.3) is 5.91 Å². The molecule has 0 unspecified atom stereocenters. The largest absolute Gasteiger partial charge is 0.497 e. The monoisotopic (exact) mass is 348 g/mol. The lowest BCUT2D eigenvalue weighted by Crippen LogP contribution is -2.13. The molecule has 0 aliphatic heterocycles. The van der Waals surface area contributed by atoms with Gasteiger partial charge in [0, 0.05) is 28.7 Å². The van der Waals surface area contributed by atoms with Crippen LogP contribution < -0.4 is 14.8 Å². The molecule has 0 spiro atoms. The molecule has 3 rings (SSSR count). The number of amides is 1. The van der Waals surface area contributed by atoms with Crippen LogP contribution in [0.1, 0.15) is 5.56 Å². The molecule has 0 aliphatic carbocycles. The molecule has 7 heteroatoms. The highest BCUT2D eigenvalue weighted by Crippen LogP contribution is 2.25. The van der Waals surface area contributed by atoms with Gasteiger partial charge in [0.2, 0.25) is 5.88 Å². The number of hydrogen-bond acceptors (Lipinski definition) is 5. The quantitative estimate of drug-likeness (QED) is 0.545. The Bertz CT molecular complexity index is 1010. The molecule has 7 nitrogen and oxygen atoms in total. The molecular formula is C19H16N4O3. The van der Waals surface area contributed by atoms with E-state index in [9.17, 15) is 10.1 Å². The number of nitrogens with one attached hydrogen (secondary N) is 2. The maximum Gasteiger partial charge on any atom is 0.266 e. The summed E-state index contributed by atoms with van der Waals surface area (Å²) < 4.78 is 10.2. The number of pyridine rings is 1. The normalized spacial score (nSPS) is 11.0. The van der Waals surface area contributed by atoms with E-state index in [4.69, 9.17) is 9.47 Å². The molecule has 0 aliphatic rings. The average molecular weight is 348 g/mol. The molecule has 26 heavy (non-hydrogen) atoms. The van der Waals surface area contributed by atoms with Gasteiger partial charge in [0.1, 0.15) is 17.4 Å². The predicted molar refractivity (Wildman–Crippen MR) is 97.9 cm³/mol. The van der Waals surface area contributed by atoms with Gasteiger partial charge < -0.3 is 19.8 Å². The molecule has 1 aromatic carbocycles. The zero-order valence-electron chi connectivity index (χ0n) is 14.2. The SMILES string of the molecule is COc1ccc2[nH]cc(/C=C(\C#N)C(=O)Nc3ccc(OC)nc3)c2c1. The second-order valence-electron chi connectivity index (χ2n) is 5.37. The molecule has 3 aromatic rings. The number of ether oxygens (including phenoxy) is 2. The van der Waals surface area contributed by atoms with Crippen LogP contribution in [0, 0.1) is 11.3 Å². The lowest BCUT2D eigenvalue weighted by molar-refractivity contribution is -0.112. The fourth-order valence-corrected chi connectivity index (χ4v) is 2.45. The zero-order chi connectivity index (χ0) is 18.5. The topological polar surface area (TPSA) is 100 Å². The van der Waals surface area contributed by atoms with Crippen LogP contribution in [0.25, 0.3) is 17.0 Å². The second-order valence-corrected chi connectivity index (χ2v) is 5.37. The molecule has 0 radical (unpaired) electrons. The van der Waals surface area contributed by atoms with Gasteiger partial charge in [-0.2, -0.15) is 5.26 Å². The van der Waals surface area contributed by atoms with E-state index in [1.807, 2.05) is 24.3 Å². The summed E-state index contributed by atoms with van der Waals surface area (Å²) in [4.78, 5) is 19.5. The third kappa shape index (κ3) is 3.49. The number of nitriles is 1. The zero-order valence-corrected chi connectivity index (χ0v) is 14.2. The van der Waals surface area contributed by atoms with Crippen molar-refractivity contribution < 1.29 is 14.3 Å². The fraction of sp³-hybridized carbons (Fsp3) is 0.105. The van der Waals surface area contributed by atoms with Crippen molar-refractivity contribution in [3.63, 3.8) is 0 Å². The minimum absolute atomic E-state index is 0.0236. The summed E-state index contributed by atoms with van der Waals surface area (Å²) in [6.45, 7) is 0. The summed E-state index contributed by atoms with van der Waals surface area (Å²) in [5.41, 5.74) is 2.05. The molecule has 0 saturated heterocycles. The minimum Gasteiger partial charge on any atom is -0.497 e. The summed E-state index contributed by atoms with van der Waals surface area (Å²) in [7, 11) is 3.09. The van der Waals surface area contributed by atoms with Gasteiger partial charge in [-0.1, -0.05) is 0 Å². The Labute approximate surface area is 149 Å². The van der Waals surface area contributed by atoms with Crippen molar-refractivity contribution in [2.45, 2.75) is 0 Å². The molecule has 2 N–H and O–H groups in total. The lowest BCUT2D eigenvalue weighted by atomic mass is 10.1. The van der Waals surface area contributed by atoms with Gasteiger partial charge in [-0.15, -0.1) is 0 Å². The van der Waals surface area contributed by atoms with Crippen molar-refractivity contribution in [2.75, 3.05) is 19.5 Å². The third-order valence-corrected chi connectivity index (χ3v) is 3.79. The molecular weight excluding hydrogens is 332 g/mol. The average Bonchev–Trinajstić information content (AvgIpc) is 3.08. The third-order valence-electron chi connectivity index (χ3n) is 3.79. The van der Waals surface area contributed by atoms with Gasteiger partial charge in [0.15, 0.2) is 0 Å². The number of aromatic nitrogens is 2. The first-order chi connectivity index (χ1) is 12.6. The summed E-state index contributed by atoms with van der Waals surface area (Å²) in [5, 5.41) is 12.9. The lowest BCUT2D eigenvalue weighted by Gasteiger charge is -2.05. The number of aromatic amines is 1. The number of fused-ring (bicyclic) bond motifs is 1. The molecule has 0 saturated carbocycles. The molecule has 1 amide bonds. The smallest absolute Gasteiger partial charge is 0.266 e. The molecule has 0 atom stereocenters. The Balaban J connectivity index is 1.87. The van der Waals surface area contributed by atoms with Crippen molar-refractivity contribution in [1.82, 2.24) is 9.97 Å². The van der Waals surface area contributed by atoms with Crippen molar-refractivity contribution >= 4 is 28.6 Å². The maximum absolute atomic E-state index is 12.4. The summed E-state index contributed by atoms with van der Waals surface area (Å²) >= 11 is 0. The number of carbonyl (C=O) groups is 1. The van der Waals surface area contributed by atoms with Crippen LogP contribution in [-0.2, 0) is 4.79 Å². The van der Waals surface area contributed by atoms with E-state index in [1.165, 1.54) is 19.4 Å². The van der Waals surface area contributed by atoms with Crippen molar-refractivity contribution in [3.8, 4) is 17.7 Å². The maximum atomic E-state index is 12.4. The minimum atomic E-state index is -0.517. The van der Waals surface area contributed by atoms with E-state index in [0.29, 0.717) is 17.3 Å². The van der Waals surface area contributed by atoms with Crippen molar-refractivity contribution in [1.29, 1.82) is 5.26 Å². The molecule has 2 heterocycles. The molecule has 0 bridgehead atoms. The van der Waals surface area contributed by atoms with Crippen molar-refractivity contribution in [3.05, 3.63) is 53.9 Å². The molecule has 130 valence electrons. The molecule has 0 fully saturated rings. The number of rotatable bonds is 5. The number of benzene rings is 1. The van der Waals surface area contributed by atoms with Gasteiger partial charge in [0.05, 0.1) is 26.1 Å². The van der Waals surface area contributed by atoms with Crippen molar-refractivity contribution in [2.24, 2.45) is 0 Å². The Morgan fingerprint density at radius 3 is 2.77 bits per heavy atom. The Morgan fingerprint density at radius 2 is 2.12 bits per heavy atom. The number of H-pyrrole nitrogens is 1. The predicted octanol–water partition coefficient (Wildman–Crippen LogP) is 3.13. The van der Waals surface area contributed by atoms with Crippen LogP contribution in [0.2, 0.25) is 0 Å². The highest BCUT2D eigenvalue weighted by Gasteiger charge is 2.12. The fourth-order valence-electron chi connectivity index (χ4n) is 2.45. The Kier molecular flexibility index (Phi) is 4.85. The first-order valence-electron chi connectivity index (χ1n) is 7.73. The standard InChI is InChI=1S/C19H16N4O3/c1-25-15-4-5-17-16(8-15)13(10-21-17)7-12(9-20)19(24)23-14-3-6-18(26-2)22-11-14/h3-8,10-11,21H,1-2H3,(H,23,24)/b12-7+. The van der Waals surface area contributed by atoms with Gasteiger partial charge >= 0.3 is 0 Å². The summed E-state index contributed by atoms with van der Waals surface area (Å²) in [6.07, 6.45) is 4.73. The van der Waals surface area contributed by atoms with Gasteiger partial charge in [-0.05, 0) is 30.3 Å². The van der Waals surface area contributed by atoms with E-state index in [2.05, 4.69) is 15.3 Å². The van der Waals surface area contributed by atoms with Gasteiger partial charge in [-0.25, -0.2) is 4.98 Å². The van der Waals surface area contributed by atoms with Gasteiger partial charge in [-0.3, -0.25) is 4.79 Å². The van der Waals surface area contributed by atoms with Crippen LogP contribution >= 0.6 is 0 Å². The first kappa shape index (κ1) is 17.0. The van der Waals surface area contributed by atoms with Crippen LogP contribution in [0.3, 0.4) is 0 Å². The number of anilines is 1. The van der Waals surface area contributed by atoms with E-state index in [1.54, 1.807) is 25.4 Å². The number of nitrogens with zero attached hydrogens (tertiary/aromatic N) is 2. The van der Waals surface area contributed by atoms with Crippen LogP contribution in [0.15, 0.2) is 48.3 Å². The first-order valence-corrected chi connectivity index (χ1v) is 7.73. The Hall–Kier alpha value is -3.79. The van der Waals surface area contributed by atoms with Crippen LogP contribution in [0.4, 0.5) is 5.69 Å². The second kappa shape index (κ2) is 7.40. The number of hydrogen-bond donors (Lipinski definition) is 2. The van der Waals surface area contributed by atoms with Crippen LogP contribution in [-0.4, -0.2) is 30.1 Å². The van der Waals surface area contributed by atoms with Crippen LogP contribution in [0.5, 0.6) is 11.6 Å².